The predicted octanol–water partition coefficient (Wildman–Crippen LogP) is 4.57. The van der Waals surface area contributed by atoms with Crippen molar-refractivity contribution < 1.29 is 18.4 Å². The highest BCUT2D eigenvalue weighted by Gasteiger charge is 2.37. The largest absolute Gasteiger partial charge is 0.336 e. The number of carbonyl (C=O) groups excluding carboxylic acids is 2. The fraction of sp³-hybridized carbons (Fsp3) is 0.417. The molecular formula is C24H26ClF2N3O2. The van der Waals surface area contributed by atoms with Crippen molar-refractivity contribution in [3.05, 3.63) is 64.7 Å². The summed E-state index contributed by atoms with van der Waals surface area (Å²) in [5.74, 6) is -1.84. The van der Waals surface area contributed by atoms with Crippen LogP contribution in [0.4, 0.5) is 14.5 Å². The molecule has 1 atom stereocenters. The number of nitrogens with zero attached hydrogens (tertiary/aromatic N) is 2. The Hall–Kier alpha value is -2.51. The van der Waals surface area contributed by atoms with E-state index in [2.05, 4.69) is 10.2 Å². The summed E-state index contributed by atoms with van der Waals surface area (Å²) in [7, 11) is 0. The van der Waals surface area contributed by atoms with E-state index in [1.807, 2.05) is 6.07 Å². The van der Waals surface area contributed by atoms with Gasteiger partial charge >= 0.3 is 0 Å². The molecule has 2 fully saturated rings. The molecule has 8 heteroatoms. The second-order valence-electron chi connectivity index (χ2n) is 8.44. The number of nitrogens with one attached hydrogen (secondary N) is 1. The van der Waals surface area contributed by atoms with Gasteiger partial charge in [0.15, 0.2) is 0 Å². The highest BCUT2D eigenvalue weighted by atomic mass is 35.5. The molecule has 1 saturated carbocycles. The standard InChI is InChI=1S/C24H26ClF2N3O2/c25-17-6-3-7-19(14-17)28-23(31)22(16-4-1-2-5-16)29-10-12-30(13-11-29)24(32)20-9-8-18(26)15-21(20)27/h3,6-9,14-16,22H,1-2,4-5,10-13H2,(H,28,31). The number of halogens is 3. The zero-order valence-electron chi connectivity index (χ0n) is 17.7. The number of anilines is 1. The Morgan fingerprint density at radius 1 is 1.00 bits per heavy atom. The van der Waals surface area contributed by atoms with Crippen molar-refractivity contribution in [3.63, 3.8) is 0 Å². The topological polar surface area (TPSA) is 52.7 Å². The number of piperazine rings is 1. The zero-order chi connectivity index (χ0) is 22.7. The van der Waals surface area contributed by atoms with E-state index in [9.17, 15) is 18.4 Å². The SMILES string of the molecule is O=C(Nc1cccc(Cl)c1)C(C1CCCC1)N1CCN(C(=O)c2ccc(F)cc2F)CC1. The van der Waals surface area contributed by atoms with E-state index in [0.29, 0.717) is 36.9 Å². The Bertz CT molecular complexity index is 989. The molecule has 1 heterocycles. The van der Waals surface area contributed by atoms with Crippen LogP contribution in [0, 0.1) is 17.6 Å². The van der Waals surface area contributed by atoms with Crippen LogP contribution in [0.25, 0.3) is 0 Å². The van der Waals surface area contributed by atoms with Gasteiger partial charge in [0.2, 0.25) is 5.91 Å². The third kappa shape index (κ3) is 5.10. The van der Waals surface area contributed by atoms with Gasteiger partial charge in [-0.05, 0) is 49.1 Å². The van der Waals surface area contributed by atoms with Gasteiger partial charge in [-0.15, -0.1) is 0 Å². The Kier molecular flexibility index (Phi) is 7.06. The fourth-order valence-electron chi connectivity index (χ4n) is 4.77. The van der Waals surface area contributed by atoms with E-state index in [1.165, 1.54) is 6.07 Å². The van der Waals surface area contributed by atoms with E-state index >= 15 is 0 Å². The number of rotatable bonds is 5. The van der Waals surface area contributed by atoms with Crippen molar-refractivity contribution in [2.24, 2.45) is 5.92 Å². The first-order valence-corrected chi connectivity index (χ1v) is 11.3. The van der Waals surface area contributed by atoms with E-state index in [0.717, 1.165) is 37.8 Å². The fourth-order valence-corrected chi connectivity index (χ4v) is 4.96. The molecule has 1 N–H and O–H groups in total. The monoisotopic (exact) mass is 461 g/mol. The molecule has 170 valence electrons. The highest BCUT2D eigenvalue weighted by molar-refractivity contribution is 6.30. The van der Waals surface area contributed by atoms with Crippen molar-refractivity contribution >= 4 is 29.1 Å². The van der Waals surface area contributed by atoms with Crippen LogP contribution in [0.5, 0.6) is 0 Å². The van der Waals surface area contributed by atoms with Crippen molar-refractivity contribution in [2.75, 3.05) is 31.5 Å². The second kappa shape index (κ2) is 9.96. The third-order valence-corrected chi connectivity index (χ3v) is 6.60. The Morgan fingerprint density at radius 2 is 1.72 bits per heavy atom. The maximum absolute atomic E-state index is 14.0. The molecule has 5 nitrogen and oxygen atoms in total. The van der Waals surface area contributed by atoms with Gasteiger partial charge < -0.3 is 10.2 Å². The van der Waals surface area contributed by atoms with Crippen LogP contribution < -0.4 is 5.32 Å². The van der Waals surface area contributed by atoms with Gasteiger partial charge in [0.25, 0.3) is 5.91 Å². The molecule has 0 bridgehead atoms. The summed E-state index contributed by atoms with van der Waals surface area (Å²) in [6, 6.07) is 9.77. The van der Waals surface area contributed by atoms with Crippen molar-refractivity contribution in [1.29, 1.82) is 0 Å². The van der Waals surface area contributed by atoms with Crippen molar-refractivity contribution in [2.45, 2.75) is 31.7 Å². The van der Waals surface area contributed by atoms with Crippen LogP contribution in [0.15, 0.2) is 42.5 Å². The van der Waals surface area contributed by atoms with E-state index in [-0.39, 0.29) is 23.4 Å². The van der Waals surface area contributed by atoms with Crippen LogP contribution in [-0.4, -0.2) is 53.8 Å². The Labute approximate surface area is 191 Å². The Balaban J connectivity index is 1.44. The van der Waals surface area contributed by atoms with Crippen LogP contribution in [0.1, 0.15) is 36.0 Å². The van der Waals surface area contributed by atoms with Crippen LogP contribution in [-0.2, 0) is 4.79 Å². The second-order valence-corrected chi connectivity index (χ2v) is 8.88. The van der Waals surface area contributed by atoms with Crippen LogP contribution >= 0.6 is 11.6 Å². The van der Waals surface area contributed by atoms with E-state index < -0.39 is 17.5 Å². The first-order chi connectivity index (χ1) is 15.4. The average Bonchev–Trinajstić information content (AvgIpc) is 3.28. The molecule has 1 unspecified atom stereocenters. The maximum Gasteiger partial charge on any atom is 0.256 e. The molecule has 2 aliphatic rings. The minimum atomic E-state index is -0.859. The minimum absolute atomic E-state index is 0.0662. The van der Waals surface area contributed by atoms with Gasteiger partial charge in [-0.2, -0.15) is 0 Å². The van der Waals surface area contributed by atoms with Gasteiger partial charge in [-0.1, -0.05) is 30.5 Å². The zero-order valence-corrected chi connectivity index (χ0v) is 18.5. The molecule has 0 spiro atoms. The first-order valence-electron chi connectivity index (χ1n) is 11.0. The summed E-state index contributed by atoms with van der Waals surface area (Å²) < 4.78 is 27.2. The molecular weight excluding hydrogens is 436 g/mol. The summed E-state index contributed by atoms with van der Waals surface area (Å²) >= 11 is 6.05. The normalized spacial score (nSPS) is 18.5. The number of amides is 2. The molecule has 0 aromatic heterocycles. The lowest BCUT2D eigenvalue weighted by Gasteiger charge is -2.40. The average molecular weight is 462 g/mol. The van der Waals surface area contributed by atoms with Gasteiger partial charge in [0.1, 0.15) is 11.6 Å². The minimum Gasteiger partial charge on any atom is -0.336 e. The summed E-state index contributed by atoms with van der Waals surface area (Å²) in [5.41, 5.74) is 0.525. The molecule has 0 radical (unpaired) electrons. The lowest BCUT2D eigenvalue weighted by molar-refractivity contribution is -0.123. The highest BCUT2D eigenvalue weighted by Crippen LogP contribution is 2.32. The summed E-state index contributed by atoms with van der Waals surface area (Å²) in [5, 5.41) is 3.55. The molecule has 4 rings (SSSR count). The summed E-state index contributed by atoms with van der Waals surface area (Å²) in [6.07, 6.45) is 4.20. The van der Waals surface area contributed by atoms with Gasteiger partial charge in [-0.3, -0.25) is 14.5 Å². The van der Waals surface area contributed by atoms with Gasteiger partial charge in [0.05, 0.1) is 11.6 Å². The van der Waals surface area contributed by atoms with Gasteiger partial charge in [-0.25, -0.2) is 8.78 Å². The predicted molar refractivity (Wildman–Crippen MR) is 120 cm³/mol. The molecule has 1 aliphatic carbocycles. The summed E-state index contributed by atoms with van der Waals surface area (Å²) in [6.45, 7) is 1.78. The lowest BCUT2D eigenvalue weighted by Crippen LogP contribution is -2.57. The molecule has 2 amide bonds. The van der Waals surface area contributed by atoms with Crippen molar-refractivity contribution in [3.8, 4) is 0 Å². The molecule has 2 aromatic carbocycles. The molecule has 2 aromatic rings. The van der Waals surface area contributed by atoms with E-state index in [4.69, 9.17) is 11.6 Å². The van der Waals surface area contributed by atoms with Crippen LogP contribution in [0.2, 0.25) is 5.02 Å². The van der Waals surface area contributed by atoms with Crippen LogP contribution in [0.3, 0.4) is 0 Å². The number of hydrogen-bond donors (Lipinski definition) is 1. The lowest BCUT2D eigenvalue weighted by atomic mass is 9.94. The summed E-state index contributed by atoms with van der Waals surface area (Å²) in [4.78, 5) is 29.7. The molecule has 32 heavy (non-hydrogen) atoms. The third-order valence-electron chi connectivity index (χ3n) is 6.36. The van der Waals surface area contributed by atoms with Crippen molar-refractivity contribution in [1.82, 2.24) is 9.80 Å². The van der Waals surface area contributed by atoms with E-state index in [1.54, 1.807) is 23.1 Å². The Morgan fingerprint density at radius 3 is 2.38 bits per heavy atom. The number of carbonyl (C=O) groups is 2. The number of hydrogen-bond acceptors (Lipinski definition) is 3. The first kappa shape index (κ1) is 22.7. The van der Waals surface area contributed by atoms with Gasteiger partial charge in [0, 0.05) is 43.0 Å². The quantitative estimate of drug-likeness (QED) is 0.709. The molecule has 1 saturated heterocycles. The smallest absolute Gasteiger partial charge is 0.256 e. The number of benzene rings is 2. The molecule has 1 aliphatic heterocycles. The maximum atomic E-state index is 14.0.